The summed E-state index contributed by atoms with van der Waals surface area (Å²) in [5.41, 5.74) is 2.06. The number of hydrogen-bond acceptors (Lipinski definition) is 3. The Balaban J connectivity index is 1.71. The average Bonchev–Trinajstić information content (AvgIpc) is 2.92. The SMILES string of the molecule is CC1CN(Cc2cnn(-c3ccc(F)cc3)c2)C(C)CN1. The van der Waals surface area contributed by atoms with Crippen LogP contribution in [0.1, 0.15) is 19.4 Å². The molecule has 0 spiro atoms. The molecule has 2 aromatic rings. The highest BCUT2D eigenvalue weighted by Gasteiger charge is 2.22. The molecule has 1 aliphatic rings. The van der Waals surface area contributed by atoms with E-state index in [9.17, 15) is 4.39 Å². The normalized spacial score (nSPS) is 23.4. The van der Waals surface area contributed by atoms with E-state index in [0.717, 1.165) is 25.3 Å². The van der Waals surface area contributed by atoms with Gasteiger partial charge in [-0.15, -0.1) is 0 Å². The number of aromatic nitrogens is 2. The van der Waals surface area contributed by atoms with Crippen LogP contribution in [0.5, 0.6) is 0 Å². The molecule has 1 aromatic carbocycles. The smallest absolute Gasteiger partial charge is 0.123 e. The molecule has 0 saturated carbocycles. The Morgan fingerprint density at radius 2 is 2.05 bits per heavy atom. The van der Waals surface area contributed by atoms with E-state index in [1.165, 1.54) is 17.7 Å². The number of nitrogens with zero attached hydrogens (tertiary/aromatic N) is 3. The van der Waals surface area contributed by atoms with Crippen LogP contribution in [0.4, 0.5) is 4.39 Å². The summed E-state index contributed by atoms with van der Waals surface area (Å²) in [6.07, 6.45) is 3.91. The second-order valence-corrected chi connectivity index (χ2v) is 5.86. The van der Waals surface area contributed by atoms with E-state index in [2.05, 4.69) is 29.2 Å². The molecule has 2 heterocycles. The molecule has 5 heteroatoms. The van der Waals surface area contributed by atoms with E-state index in [1.807, 2.05) is 12.4 Å². The first-order valence-electron chi connectivity index (χ1n) is 7.39. The van der Waals surface area contributed by atoms with E-state index in [4.69, 9.17) is 0 Å². The van der Waals surface area contributed by atoms with Crippen molar-refractivity contribution in [3.05, 3.63) is 48.0 Å². The number of halogens is 1. The lowest BCUT2D eigenvalue weighted by Crippen LogP contribution is -2.53. The second kappa shape index (κ2) is 5.95. The van der Waals surface area contributed by atoms with Gasteiger partial charge in [0.15, 0.2) is 0 Å². The molecule has 112 valence electrons. The van der Waals surface area contributed by atoms with Gasteiger partial charge in [0.05, 0.1) is 11.9 Å². The Bertz CT molecular complexity index is 593. The first-order valence-corrected chi connectivity index (χ1v) is 7.39. The molecule has 2 unspecified atom stereocenters. The van der Waals surface area contributed by atoms with Crippen molar-refractivity contribution >= 4 is 0 Å². The van der Waals surface area contributed by atoms with Crippen molar-refractivity contribution in [1.29, 1.82) is 0 Å². The van der Waals surface area contributed by atoms with Gasteiger partial charge < -0.3 is 5.32 Å². The van der Waals surface area contributed by atoms with E-state index >= 15 is 0 Å². The zero-order valence-electron chi connectivity index (χ0n) is 12.5. The van der Waals surface area contributed by atoms with Crippen molar-refractivity contribution in [2.45, 2.75) is 32.5 Å². The largest absolute Gasteiger partial charge is 0.311 e. The minimum Gasteiger partial charge on any atom is -0.311 e. The molecule has 0 aliphatic carbocycles. The zero-order valence-corrected chi connectivity index (χ0v) is 12.5. The monoisotopic (exact) mass is 288 g/mol. The van der Waals surface area contributed by atoms with Gasteiger partial charge in [-0.3, -0.25) is 4.90 Å². The maximum atomic E-state index is 13.0. The molecule has 2 atom stereocenters. The van der Waals surface area contributed by atoms with Crippen LogP contribution in [0.25, 0.3) is 5.69 Å². The fourth-order valence-electron chi connectivity index (χ4n) is 2.73. The Morgan fingerprint density at radius 3 is 2.81 bits per heavy atom. The number of benzene rings is 1. The lowest BCUT2D eigenvalue weighted by Gasteiger charge is -2.37. The van der Waals surface area contributed by atoms with Crippen LogP contribution < -0.4 is 5.32 Å². The predicted molar refractivity (Wildman–Crippen MR) is 80.9 cm³/mol. The molecule has 0 radical (unpaired) electrons. The van der Waals surface area contributed by atoms with Crippen molar-refractivity contribution in [2.75, 3.05) is 13.1 Å². The summed E-state index contributed by atoms with van der Waals surface area (Å²) in [5.74, 6) is -0.227. The Hall–Kier alpha value is -1.72. The van der Waals surface area contributed by atoms with Crippen molar-refractivity contribution in [2.24, 2.45) is 0 Å². The molecular weight excluding hydrogens is 267 g/mol. The van der Waals surface area contributed by atoms with Crippen LogP contribution in [0.3, 0.4) is 0 Å². The molecule has 1 fully saturated rings. The van der Waals surface area contributed by atoms with Gasteiger partial charge in [0.25, 0.3) is 0 Å². The standard InChI is InChI=1S/C16H21FN4/c1-12-9-20(13(2)7-18-12)10-14-8-19-21(11-14)16-5-3-15(17)4-6-16/h3-6,8,11-13,18H,7,9-10H2,1-2H3. The van der Waals surface area contributed by atoms with Crippen LogP contribution in [0.15, 0.2) is 36.7 Å². The second-order valence-electron chi connectivity index (χ2n) is 5.86. The third-order valence-corrected chi connectivity index (χ3v) is 4.01. The van der Waals surface area contributed by atoms with Gasteiger partial charge in [0.2, 0.25) is 0 Å². The lowest BCUT2D eigenvalue weighted by atomic mass is 10.1. The minimum atomic E-state index is -0.227. The lowest BCUT2D eigenvalue weighted by molar-refractivity contribution is 0.139. The molecule has 4 nitrogen and oxygen atoms in total. The highest BCUT2D eigenvalue weighted by molar-refractivity contribution is 5.31. The third kappa shape index (κ3) is 3.31. The summed E-state index contributed by atoms with van der Waals surface area (Å²) in [7, 11) is 0. The van der Waals surface area contributed by atoms with Gasteiger partial charge in [-0.05, 0) is 38.1 Å². The predicted octanol–water partition coefficient (Wildman–Crippen LogP) is 2.19. The Kier molecular flexibility index (Phi) is 4.03. The molecule has 3 rings (SSSR count). The fourth-order valence-corrected chi connectivity index (χ4v) is 2.73. The molecule has 0 bridgehead atoms. The molecule has 1 N–H and O–H groups in total. The Morgan fingerprint density at radius 1 is 1.29 bits per heavy atom. The fraction of sp³-hybridized carbons (Fsp3) is 0.438. The summed E-state index contributed by atoms with van der Waals surface area (Å²) in [4.78, 5) is 2.47. The molecule has 1 aliphatic heterocycles. The minimum absolute atomic E-state index is 0.227. The van der Waals surface area contributed by atoms with Gasteiger partial charge in [-0.1, -0.05) is 0 Å². The summed E-state index contributed by atoms with van der Waals surface area (Å²) < 4.78 is 14.8. The highest BCUT2D eigenvalue weighted by Crippen LogP contribution is 2.14. The number of nitrogens with one attached hydrogen (secondary N) is 1. The van der Waals surface area contributed by atoms with Crippen LogP contribution in [0.2, 0.25) is 0 Å². The van der Waals surface area contributed by atoms with Crippen molar-refractivity contribution in [3.63, 3.8) is 0 Å². The van der Waals surface area contributed by atoms with Crippen LogP contribution in [-0.4, -0.2) is 39.9 Å². The molecular formula is C16H21FN4. The van der Waals surface area contributed by atoms with Crippen LogP contribution in [-0.2, 0) is 6.54 Å². The van der Waals surface area contributed by atoms with Gasteiger partial charge in [-0.2, -0.15) is 5.10 Å². The number of piperazine rings is 1. The highest BCUT2D eigenvalue weighted by atomic mass is 19.1. The summed E-state index contributed by atoms with van der Waals surface area (Å²) in [5, 5.41) is 7.86. The van der Waals surface area contributed by atoms with E-state index in [-0.39, 0.29) is 5.82 Å². The first-order chi connectivity index (χ1) is 10.1. The van der Waals surface area contributed by atoms with Crippen molar-refractivity contribution < 1.29 is 4.39 Å². The third-order valence-electron chi connectivity index (χ3n) is 4.01. The van der Waals surface area contributed by atoms with E-state index < -0.39 is 0 Å². The van der Waals surface area contributed by atoms with Crippen molar-refractivity contribution in [3.8, 4) is 5.69 Å². The van der Waals surface area contributed by atoms with Gasteiger partial charge in [-0.25, -0.2) is 9.07 Å². The molecule has 1 saturated heterocycles. The van der Waals surface area contributed by atoms with Gasteiger partial charge >= 0.3 is 0 Å². The summed E-state index contributed by atoms with van der Waals surface area (Å²) in [6.45, 7) is 7.41. The topological polar surface area (TPSA) is 33.1 Å². The molecule has 1 aromatic heterocycles. The first kappa shape index (κ1) is 14.2. The summed E-state index contributed by atoms with van der Waals surface area (Å²) in [6, 6.07) is 7.43. The van der Waals surface area contributed by atoms with Gasteiger partial charge in [0.1, 0.15) is 5.82 Å². The maximum absolute atomic E-state index is 13.0. The molecule has 0 amide bonds. The van der Waals surface area contributed by atoms with E-state index in [1.54, 1.807) is 16.8 Å². The van der Waals surface area contributed by atoms with E-state index in [0.29, 0.717) is 12.1 Å². The van der Waals surface area contributed by atoms with Crippen LogP contribution >= 0.6 is 0 Å². The quantitative estimate of drug-likeness (QED) is 0.940. The van der Waals surface area contributed by atoms with Crippen LogP contribution in [0, 0.1) is 5.82 Å². The number of hydrogen-bond donors (Lipinski definition) is 1. The number of rotatable bonds is 3. The van der Waals surface area contributed by atoms with Crippen molar-refractivity contribution in [1.82, 2.24) is 20.0 Å². The summed E-state index contributed by atoms with van der Waals surface area (Å²) >= 11 is 0. The average molecular weight is 288 g/mol. The van der Waals surface area contributed by atoms with Gasteiger partial charge in [0, 0.05) is 43.5 Å². The maximum Gasteiger partial charge on any atom is 0.123 e. The zero-order chi connectivity index (χ0) is 14.8. The molecule has 21 heavy (non-hydrogen) atoms. The Labute approximate surface area is 124 Å².